The van der Waals surface area contributed by atoms with Crippen LogP contribution in [0.2, 0.25) is 0 Å². The Bertz CT molecular complexity index is 921. The van der Waals surface area contributed by atoms with Crippen molar-refractivity contribution in [1.29, 1.82) is 0 Å². The summed E-state index contributed by atoms with van der Waals surface area (Å²) in [7, 11) is -5.88. The Kier molecular flexibility index (Phi) is 3.92. The molecule has 1 N–H and O–H groups in total. The molecule has 0 radical (unpaired) electrons. The molecule has 0 saturated carbocycles. The van der Waals surface area contributed by atoms with Gasteiger partial charge in [0.2, 0.25) is 0 Å². The molecule has 3 nitrogen and oxygen atoms in total. The number of hydrogen-bond acceptors (Lipinski definition) is 3. The number of rotatable bonds is 2. The number of halogens is 5. The molecule has 134 valence electrons. The first kappa shape index (κ1) is 17.8. The number of aliphatic hydroxyl groups excluding tert-OH is 1. The maximum absolute atomic E-state index is 14.0. The van der Waals surface area contributed by atoms with Crippen LogP contribution in [-0.2, 0) is 16.3 Å². The number of benzene rings is 2. The number of aliphatic hydroxyl groups is 1. The van der Waals surface area contributed by atoms with E-state index in [-0.39, 0.29) is 11.1 Å². The molecule has 9 heteroatoms. The zero-order valence-electron chi connectivity index (χ0n) is 12.4. The minimum absolute atomic E-state index is 0.160. The fourth-order valence-electron chi connectivity index (χ4n) is 2.92. The molecule has 0 bridgehead atoms. The molecule has 1 atom stereocenters. The van der Waals surface area contributed by atoms with Crippen molar-refractivity contribution in [3.8, 4) is 11.1 Å². The first-order valence-corrected chi connectivity index (χ1v) is 8.53. The molecule has 2 aromatic rings. The number of hydrogen-bond donors (Lipinski definition) is 1. The van der Waals surface area contributed by atoms with Gasteiger partial charge >= 0.3 is 5.51 Å². The number of fused-ring (bicyclic) bond motifs is 1. The summed E-state index contributed by atoms with van der Waals surface area (Å²) in [6.07, 6.45) is -3.67. The van der Waals surface area contributed by atoms with Gasteiger partial charge in [-0.3, -0.25) is 0 Å². The highest BCUT2D eigenvalue weighted by molar-refractivity contribution is 7.92. The summed E-state index contributed by atoms with van der Waals surface area (Å²) in [6.45, 7) is 0. The van der Waals surface area contributed by atoms with Crippen LogP contribution < -0.4 is 0 Å². The normalized spacial score (nSPS) is 19.7. The van der Waals surface area contributed by atoms with Gasteiger partial charge in [0.1, 0.15) is 6.10 Å². The maximum Gasteiger partial charge on any atom is 0.501 e. The van der Waals surface area contributed by atoms with Gasteiger partial charge in [-0.25, -0.2) is 17.2 Å². The quantitative estimate of drug-likeness (QED) is 0.808. The summed E-state index contributed by atoms with van der Waals surface area (Å²) in [5, 5.41) is 9.81. The lowest BCUT2D eigenvalue weighted by Gasteiger charge is -2.17. The molecule has 25 heavy (non-hydrogen) atoms. The van der Waals surface area contributed by atoms with E-state index in [2.05, 4.69) is 0 Å². The minimum atomic E-state index is -5.88. The third kappa shape index (κ3) is 2.71. The van der Waals surface area contributed by atoms with E-state index in [1.54, 1.807) is 30.3 Å². The Morgan fingerprint density at radius 2 is 1.64 bits per heavy atom. The zero-order valence-corrected chi connectivity index (χ0v) is 13.2. The monoisotopic (exact) mass is 378 g/mol. The van der Waals surface area contributed by atoms with Crippen LogP contribution in [0, 0.1) is 0 Å². The standard InChI is InChI=1S/C16H11F5O3S/c17-15(18)8-11-10(9-4-2-1-3-5-9)6-7-12(13(11)14(15)22)25(23,24)16(19,20)21/h1-7,14,22H,8H2/t14-/m0/s1. The Hall–Kier alpha value is -2.00. The third-order valence-electron chi connectivity index (χ3n) is 4.08. The van der Waals surface area contributed by atoms with Crippen molar-refractivity contribution in [2.75, 3.05) is 0 Å². The zero-order chi connectivity index (χ0) is 18.6. The summed E-state index contributed by atoms with van der Waals surface area (Å²) in [6, 6.07) is 9.65. The van der Waals surface area contributed by atoms with Gasteiger partial charge in [0.05, 0.1) is 4.90 Å². The fraction of sp³-hybridized carbons (Fsp3) is 0.250. The van der Waals surface area contributed by atoms with Crippen molar-refractivity contribution in [2.45, 2.75) is 28.9 Å². The predicted molar refractivity (Wildman–Crippen MR) is 78.7 cm³/mol. The lowest BCUT2D eigenvalue weighted by molar-refractivity contribution is -0.0977. The van der Waals surface area contributed by atoms with Crippen molar-refractivity contribution < 1.29 is 35.5 Å². The molecular formula is C16H11F5O3S. The van der Waals surface area contributed by atoms with Gasteiger partial charge in [-0.05, 0) is 22.8 Å². The van der Waals surface area contributed by atoms with Gasteiger partial charge in [0, 0.05) is 12.0 Å². The van der Waals surface area contributed by atoms with Gasteiger partial charge in [-0.2, -0.15) is 13.2 Å². The molecule has 0 heterocycles. The van der Waals surface area contributed by atoms with Crippen LogP contribution >= 0.6 is 0 Å². The second-order valence-electron chi connectivity index (χ2n) is 5.66. The van der Waals surface area contributed by atoms with Crippen LogP contribution in [0.3, 0.4) is 0 Å². The van der Waals surface area contributed by atoms with Crippen LogP contribution in [0.4, 0.5) is 22.0 Å². The molecule has 0 fully saturated rings. The fourth-order valence-corrected chi connectivity index (χ4v) is 3.95. The SMILES string of the molecule is O=S(=O)(c1ccc(-c2ccccc2)c2c1[C@H](O)C(F)(F)C2)C(F)(F)F. The molecule has 3 rings (SSSR count). The maximum atomic E-state index is 14.0. The van der Waals surface area contributed by atoms with E-state index >= 15 is 0 Å². The lowest BCUT2D eigenvalue weighted by Crippen LogP contribution is -2.26. The van der Waals surface area contributed by atoms with E-state index in [0.717, 1.165) is 6.07 Å². The highest BCUT2D eigenvalue weighted by Gasteiger charge is 2.54. The summed E-state index contributed by atoms with van der Waals surface area (Å²) >= 11 is 0. The van der Waals surface area contributed by atoms with E-state index in [1.165, 1.54) is 0 Å². The summed E-state index contributed by atoms with van der Waals surface area (Å²) in [4.78, 5) is -1.33. The molecular weight excluding hydrogens is 367 g/mol. The number of alkyl halides is 5. The second-order valence-corrected chi connectivity index (χ2v) is 7.57. The topological polar surface area (TPSA) is 54.4 Å². The van der Waals surface area contributed by atoms with E-state index < -0.39 is 44.3 Å². The highest BCUT2D eigenvalue weighted by atomic mass is 32.2. The smallest absolute Gasteiger partial charge is 0.382 e. The van der Waals surface area contributed by atoms with Crippen LogP contribution in [0.25, 0.3) is 11.1 Å². The van der Waals surface area contributed by atoms with Crippen molar-refractivity contribution in [2.24, 2.45) is 0 Å². The van der Waals surface area contributed by atoms with Crippen LogP contribution in [0.1, 0.15) is 17.2 Å². The second kappa shape index (κ2) is 5.50. The highest BCUT2D eigenvalue weighted by Crippen LogP contribution is 2.50. The van der Waals surface area contributed by atoms with Crippen LogP contribution in [0.5, 0.6) is 0 Å². The van der Waals surface area contributed by atoms with Gasteiger partial charge in [0.15, 0.2) is 0 Å². The van der Waals surface area contributed by atoms with Crippen LogP contribution in [-0.4, -0.2) is 25.0 Å². The molecule has 0 aliphatic heterocycles. The Morgan fingerprint density at radius 1 is 1.04 bits per heavy atom. The predicted octanol–water partition coefficient (Wildman–Crippen LogP) is 3.87. The van der Waals surface area contributed by atoms with E-state index in [4.69, 9.17) is 0 Å². The third-order valence-corrected chi connectivity index (χ3v) is 5.63. The van der Waals surface area contributed by atoms with Gasteiger partial charge in [-0.1, -0.05) is 36.4 Å². The minimum Gasteiger partial charge on any atom is -0.382 e. The van der Waals surface area contributed by atoms with E-state index in [1.807, 2.05) is 0 Å². The summed E-state index contributed by atoms with van der Waals surface area (Å²) in [5.74, 6) is -3.76. The molecule has 0 spiro atoms. The van der Waals surface area contributed by atoms with Crippen LogP contribution in [0.15, 0.2) is 47.4 Å². The lowest BCUT2D eigenvalue weighted by atomic mass is 9.96. The van der Waals surface area contributed by atoms with Gasteiger partial charge < -0.3 is 5.11 Å². The van der Waals surface area contributed by atoms with Crippen molar-refractivity contribution >= 4 is 9.84 Å². The molecule has 1 aliphatic rings. The number of sulfone groups is 1. The van der Waals surface area contributed by atoms with Crippen molar-refractivity contribution in [3.63, 3.8) is 0 Å². The average Bonchev–Trinajstić information content (AvgIpc) is 2.76. The van der Waals surface area contributed by atoms with Gasteiger partial charge in [0.25, 0.3) is 15.8 Å². The largest absolute Gasteiger partial charge is 0.501 e. The average molecular weight is 378 g/mol. The van der Waals surface area contributed by atoms with Crippen molar-refractivity contribution in [3.05, 3.63) is 53.6 Å². The van der Waals surface area contributed by atoms with E-state index in [9.17, 15) is 35.5 Å². The van der Waals surface area contributed by atoms with Crippen molar-refractivity contribution in [1.82, 2.24) is 0 Å². The summed E-state index contributed by atoms with van der Waals surface area (Å²) in [5.41, 5.74) is -6.25. The Morgan fingerprint density at radius 3 is 2.20 bits per heavy atom. The molecule has 1 aliphatic carbocycles. The first-order valence-electron chi connectivity index (χ1n) is 7.05. The Labute approximate surface area is 139 Å². The molecule has 2 aromatic carbocycles. The van der Waals surface area contributed by atoms with E-state index in [0.29, 0.717) is 11.6 Å². The Balaban J connectivity index is 2.32. The molecule has 0 aromatic heterocycles. The van der Waals surface area contributed by atoms with Gasteiger partial charge in [-0.15, -0.1) is 0 Å². The first-order chi connectivity index (χ1) is 11.5. The molecule has 0 amide bonds. The summed E-state index contributed by atoms with van der Waals surface area (Å²) < 4.78 is 90.0. The molecule has 0 saturated heterocycles. The molecule has 0 unspecified atom stereocenters.